The highest BCUT2D eigenvalue weighted by Crippen LogP contribution is 2.19. The molecule has 0 aromatic heterocycles. The van der Waals surface area contributed by atoms with E-state index in [9.17, 15) is 14.7 Å². The van der Waals surface area contributed by atoms with Crippen LogP contribution in [0.15, 0.2) is 54.6 Å². The van der Waals surface area contributed by atoms with Gasteiger partial charge in [0, 0.05) is 6.42 Å². The number of hydrogen-bond acceptors (Lipinski definition) is 3. The van der Waals surface area contributed by atoms with Gasteiger partial charge in [-0.05, 0) is 23.6 Å². The molecular formula is C18H19NO3S. The molecule has 2 rings (SSSR count). The monoisotopic (exact) mass is 329 g/mol. The van der Waals surface area contributed by atoms with Gasteiger partial charge in [-0.3, -0.25) is 4.79 Å². The first-order chi connectivity index (χ1) is 11.0. The summed E-state index contributed by atoms with van der Waals surface area (Å²) in [6.45, 7) is 1.60. The fourth-order valence-electron chi connectivity index (χ4n) is 2.19. The van der Waals surface area contributed by atoms with E-state index >= 15 is 0 Å². The zero-order valence-electron chi connectivity index (χ0n) is 12.8. The van der Waals surface area contributed by atoms with Crippen LogP contribution in [-0.2, 0) is 16.0 Å². The fourth-order valence-corrected chi connectivity index (χ4v) is 2.27. The summed E-state index contributed by atoms with van der Waals surface area (Å²) in [5.41, 5.74) is 3.02. The maximum absolute atomic E-state index is 11.6. The van der Waals surface area contributed by atoms with Gasteiger partial charge in [-0.15, -0.1) is 0 Å². The number of amides is 1. The Kier molecular flexibility index (Phi) is 5.82. The lowest BCUT2D eigenvalue weighted by Gasteiger charge is -2.16. The molecule has 120 valence electrons. The Balaban J connectivity index is 2.09. The van der Waals surface area contributed by atoms with Gasteiger partial charge in [0.1, 0.15) is 6.04 Å². The average molecular weight is 329 g/mol. The fraction of sp³-hybridized carbons (Fsp3) is 0.222. The molecule has 2 N–H and O–H groups in total. The molecule has 0 radical (unpaired) electrons. The number of carboxylic acid groups (broad SMARTS) is 1. The van der Waals surface area contributed by atoms with Crippen molar-refractivity contribution in [3.05, 3.63) is 60.2 Å². The average Bonchev–Trinajstić information content (AvgIpc) is 2.55. The molecule has 2 atom stereocenters. The van der Waals surface area contributed by atoms with Gasteiger partial charge >= 0.3 is 5.97 Å². The lowest BCUT2D eigenvalue weighted by Crippen LogP contribution is -2.44. The van der Waals surface area contributed by atoms with Crippen molar-refractivity contribution >= 4 is 24.5 Å². The number of hydrogen-bond donors (Lipinski definition) is 3. The van der Waals surface area contributed by atoms with Gasteiger partial charge in [0.15, 0.2) is 0 Å². The number of benzene rings is 2. The maximum Gasteiger partial charge on any atom is 0.326 e. The van der Waals surface area contributed by atoms with Crippen molar-refractivity contribution in [2.24, 2.45) is 0 Å². The lowest BCUT2D eigenvalue weighted by atomic mass is 10.0. The number of carbonyl (C=O) groups excluding carboxylic acids is 1. The van der Waals surface area contributed by atoms with Crippen LogP contribution in [0.5, 0.6) is 0 Å². The number of nitrogens with one attached hydrogen (secondary N) is 1. The van der Waals surface area contributed by atoms with Crippen LogP contribution in [0, 0.1) is 0 Å². The molecule has 2 aromatic rings. The highest BCUT2D eigenvalue weighted by atomic mass is 32.1. The second-order valence-corrected chi connectivity index (χ2v) is 6.12. The minimum atomic E-state index is -1.06. The SMILES string of the molecule is CC(S)C(=O)N[C@@H](Cc1ccc(-c2ccccc2)cc1)C(=O)O. The van der Waals surface area contributed by atoms with Gasteiger partial charge in [-0.2, -0.15) is 12.6 Å². The molecule has 0 saturated heterocycles. The van der Waals surface area contributed by atoms with E-state index in [4.69, 9.17) is 0 Å². The predicted octanol–water partition coefficient (Wildman–Crippen LogP) is 2.78. The van der Waals surface area contributed by atoms with Gasteiger partial charge in [0.2, 0.25) is 5.91 Å². The van der Waals surface area contributed by atoms with E-state index in [1.807, 2.05) is 54.6 Å². The normalized spacial score (nSPS) is 13.1. The van der Waals surface area contributed by atoms with Crippen LogP contribution in [0.2, 0.25) is 0 Å². The molecule has 0 aliphatic rings. The second kappa shape index (κ2) is 7.83. The Morgan fingerprint density at radius 2 is 1.61 bits per heavy atom. The van der Waals surface area contributed by atoms with Crippen LogP contribution in [0.25, 0.3) is 11.1 Å². The highest BCUT2D eigenvalue weighted by Gasteiger charge is 2.21. The molecule has 0 saturated carbocycles. The van der Waals surface area contributed by atoms with Crippen LogP contribution in [0.4, 0.5) is 0 Å². The topological polar surface area (TPSA) is 66.4 Å². The molecule has 0 spiro atoms. The molecule has 1 amide bonds. The number of aliphatic carboxylic acids is 1. The van der Waals surface area contributed by atoms with Crippen molar-refractivity contribution in [2.75, 3.05) is 0 Å². The van der Waals surface area contributed by atoms with Crippen LogP contribution in [-0.4, -0.2) is 28.3 Å². The summed E-state index contributed by atoms with van der Waals surface area (Å²) in [6, 6.07) is 16.6. The standard InChI is InChI=1S/C18H19NO3S/c1-12(23)17(20)19-16(18(21)22)11-13-7-9-15(10-8-13)14-5-3-2-4-6-14/h2-10,12,16,23H,11H2,1H3,(H,19,20)(H,21,22)/t12?,16-/m0/s1. The van der Waals surface area contributed by atoms with E-state index in [1.54, 1.807) is 6.92 Å². The van der Waals surface area contributed by atoms with Crippen molar-refractivity contribution in [1.29, 1.82) is 0 Å². The quantitative estimate of drug-likeness (QED) is 0.714. The summed E-state index contributed by atoms with van der Waals surface area (Å²) in [6.07, 6.45) is 0.233. The third kappa shape index (κ3) is 4.86. The lowest BCUT2D eigenvalue weighted by molar-refractivity contribution is -0.141. The van der Waals surface area contributed by atoms with Crippen molar-refractivity contribution in [1.82, 2.24) is 5.32 Å². The molecule has 1 unspecified atom stereocenters. The van der Waals surface area contributed by atoms with E-state index in [0.717, 1.165) is 16.7 Å². The summed E-state index contributed by atoms with van der Waals surface area (Å²) >= 11 is 4.01. The summed E-state index contributed by atoms with van der Waals surface area (Å²) in [5.74, 6) is -1.44. The van der Waals surface area contributed by atoms with Gasteiger partial charge < -0.3 is 10.4 Å². The first-order valence-corrected chi connectivity index (χ1v) is 7.84. The number of carbonyl (C=O) groups is 2. The molecule has 0 aliphatic heterocycles. The van der Waals surface area contributed by atoms with Gasteiger partial charge in [0.05, 0.1) is 5.25 Å². The number of rotatable bonds is 6. The van der Waals surface area contributed by atoms with Crippen LogP contribution < -0.4 is 5.32 Å². The van der Waals surface area contributed by atoms with E-state index in [0.29, 0.717) is 0 Å². The third-order valence-electron chi connectivity index (χ3n) is 3.49. The molecule has 2 aromatic carbocycles. The molecule has 0 heterocycles. The molecular weight excluding hydrogens is 310 g/mol. The van der Waals surface area contributed by atoms with Gasteiger partial charge in [-0.25, -0.2) is 4.79 Å². The van der Waals surface area contributed by atoms with Gasteiger partial charge in [0.25, 0.3) is 0 Å². The predicted molar refractivity (Wildman–Crippen MR) is 93.6 cm³/mol. The first kappa shape index (κ1) is 17.1. The van der Waals surface area contributed by atoms with E-state index in [2.05, 4.69) is 17.9 Å². The van der Waals surface area contributed by atoms with Crippen LogP contribution in [0.3, 0.4) is 0 Å². The zero-order chi connectivity index (χ0) is 16.8. The Bertz CT molecular complexity index is 668. The van der Waals surface area contributed by atoms with Crippen molar-refractivity contribution in [3.63, 3.8) is 0 Å². The van der Waals surface area contributed by atoms with Crippen LogP contribution in [0.1, 0.15) is 12.5 Å². The molecule has 4 nitrogen and oxygen atoms in total. The summed E-state index contributed by atoms with van der Waals surface area (Å²) in [5, 5.41) is 11.2. The minimum absolute atomic E-state index is 0.233. The Labute approximate surface area is 141 Å². The number of thiol groups is 1. The minimum Gasteiger partial charge on any atom is -0.480 e. The number of carboxylic acids is 1. The smallest absolute Gasteiger partial charge is 0.326 e. The summed E-state index contributed by atoms with van der Waals surface area (Å²) < 4.78 is 0. The summed E-state index contributed by atoms with van der Waals surface area (Å²) in [4.78, 5) is 22.9. The first-order valence-electron chi connectivity index (χ1n) is 7.33. The van der Waals surface area contributed by atoms with Crippen molar-refractivity contribution in [3.8, 4) is 11.1 Å². The summed E-state index contributed by atoms with van der Waals surface area (Å²) in [7, 11) is 0. The van der Waals surface area contributed by atoms with E-state index in [1.165, 1.54) is 0 Å². The molecule has 0 fully saturated rings. The Morgan fingerprint density at radius 3 is 2.13 bits per heavy atom. The van der Waals surface area contributed by atoms with E-state index < -0.39 is 17.3 Å². The zero-order valence-corrected chi connectivity index (χ0v) is 13.7. The van der Waals surface area contributed by atoms with Crippen molar-refractivity contribution in [2.45, 2.75) is 24.6 Å². The van der Waals surface area contributed by atoms with E-state index in [-0.39, 0.29) is 12.3 Å². The molecule has 0 bridgehead atoms. The second-order valence-electron chi connectivity index (χ2n) is 5.34. The molecule has 0 aliphatic carbocycles. The Morgan fingerprint density at radius 1 is 1.04 bits per heavy atom. The Hall–Kier alpha value is -2.27. The molecule has 23 heavy (non-hydrogen) atoms. The van der Waals surface area contributed by atoms with Crippen LogP contribution >= 0.6 is 12.6 Å². The highest BCUT2D eigenvalue weighted by molar-refractivity contribution is 7.81. The maximum atomic E-state index is 11.6. The van der Waals surface area contributed by atoms with Crippen molar-refractivity contribution < 1.29 is 14.7 Å². The third-order valence-corrected chi connectivity index (χ3v) is 3.73. The van der Waals surface area contributed by atoms with Gasteiger partial charge in [-0.1, -0.05) is 54.6 Å². The largest absolute Gasteiger partial charge is 0.480 e. The molecule has 5 heteroatoms.